The zero-order valence-electron chi connectivity index (χ0n) is 16.7. The molecule has 2 fully saturated rings. The molecular weight excluding hydrogens is 366 g/mol. The van der Waals surface area contributed by atoms with Gasteiger partial charge in [0.25, 0.3) is 0 Å². The third-order valence-electron chi connectivity index (χ3n) is 6.19. The number of aromatic hydroxyl groups is 1. The van der Waals surface area contributed by atoms with Gasteiger partial charge in [-0.2, -0.15) is 0 Å². The van der Waals surface area contributed by atoms with Gasteiger partial charge in [0.2, 0.25) is 0 Å². The van der Waals surface area contributed by atoms with Crippen LogP contribution in [0.2, 0.25) is 0 Å². The highest BCUT2D eigenvalue weighted by molar-refractivity contribution is 5.72. The molecule has 7 heteroatoms. The Labute approximate surface area is 169 Å². The number of oxazole rings is 1. The Balaban J connectivity index is 1.34. The van der Waals surface area contributed by atoms with Crippen molar-refractivity contribution in [3.8, 4) is 28.3 Å². The largest absolute Gasteiger partial charge is 0.507 e. The number of fused-ring (bicyclic) bond motifs is 2. The van der Waals surface area contributed by atoms with Gasteiger partial charge in [-0.15, -0.1) is 10.2 Å². The summed E-state index contributed by atoms with van der Waals surface area (Å²) in [5.41, 5.74) is 2.06. The molecule has 2 saturated heterocycles. The Bertz CT molecular complexity index is 1000. The lowest BCUT2D eigenvalue weighted by molar-refractivity contribution is 0.353. The Morgan fingerprint density at radius 1 is 1.10 bits per heavy atom. The van der Waals surface area contributed by atoms with Crippen LogP contribution in [0.5, 0.6) is 5.75 Å². The van der Waals surface area contributed by atoms with Gasteiger partial charge in [0.15, 0.2) is 17.5 Å². The Kier molecular flexibility index (Phi) is 4.47. The maximum atomic E-state index is 10.5. The van der Waals surface area contributed by atoms with E-state index in [2.05, 4.69) is 32.4 Å². The van der Waals surface area contributed by atoms with Gasteiger partial charge in [-0.25, -0.2) is 4.98 Å². The van der Waals surface area contributed by atoms with E-state index >= 15 is 0 Å². The molecule has 150 valence electrons. The van der Waals surface area contributed by atoms with Crippen LogP contribution in [0.1, 0.15) is 31.6 Å². The van der Waals surface area contributed by atoms with Crippen molar-refractivity contribution in [2.24, 2.45) is 0 Å². The van der Waals surface area contributed by atoms with Crippen LogP contribution in [-0.4, -0.2) is 45.5 Å². The van der Waals surface area contributed by atoms with E-state index in [-0.39, 0.29) is 5.75 Å². The summed E-state index contributed by atoms with van der Waals surface area (Å²) in [5, 5.41) is 23.0. The fourth-order valence-electron chi connectivity index (χ4n) is 4.58. The second kappa shape index (κ2) is 7.15. The monoisotopic (exact) mass is 391 g/mol. The molecule has 0 radical (unpaired) electrons. The number of phenols is 1. The van der Waals surface area contributed by atoms with Gasteiger partial charge in [-0.05, 0) is 49.9 Å². The van der Waals surface area contributed by atoms with E-state index < -0.39 is 0 Å². The third-order valence-corrected chi connectivity index (χ3v) is 6.19. The van der Waals surface area contributed by atoms with Gasteiger partial charge >= 0.3 is 0 Å². The van der Waals surface area contributed by atoms with Crippen molar-refractivity contribution in [3.05, 3.63) is 42.4 Å². The molecule has 3 aromatic rings. The van der Waals surface area contributed by atoms with Gasteiger partial charge in [0.1, 0.15) is 5.75 Å². The number of phenolic OH excluding ortho intramolecular Hbond substituents is 1. The number of benzene rings is 1. The number of aromatic nitrogens is 3. The molecule has 1 aromatic carbocycles. The minimum absolute atomic E-state index is 0.141. The number of hydrogen-bond acceptors (Lipinski definition) is 7. The topological polar surface area (TPSA) is 87.3 Å². The van der Waals surface area contributed by atoms with Crippen molar-refractivity contribution < 1.29 is 9.52 Å². The molecule has 2 atom stereocenters. The first-order valence-electron chi connectivity index (χ1n) is 10.2. The van der Waals surface area contributed by atoms with E-state index in [1.165, 1.54) is 12.8 Å². The molecule has 5 rings (SSSR count). The fourth-order valence-corrected chi connectivity index (χ4v) is 4.58. The summed E-state index contributed by atoms with van der Waals surface area (Å²) in [7, 11) is 2.10. The quantitative estimate of drug-likeness (QED) is 0.703. The summed E-state index contributed by atoms with van der Waals surface area (Å²) in [6, 6.07) is 11.1. The van der Waals surface area contributed by atoms with E-state index in [9.17, 15) is 5.11 Å². The lowest BCUT2D eigenvalue weighted by atomic mass is 9.98. The van der Waals surface area contributed by atoms with E-state index in [4.69, 9.17) is 4.42 Å². The van der Waals surface area contributed by atoms with Gasteiger partial charge < -0.3 is 19.7 Å². The first kappa shape index (κ1) is 18.1. The van der Waals surface area contributed by atoms with E-state index in [1.807, 2.05) is 24.3 Å². The predicted octanol–water partition coefficient (Wildman–Crippen LogP) is 3.53. The normalized spacial score (nSPS) is 23.3. The molecule has 0 amide bonds. The van der Waals surface area contributed by atoms with Crippen LogP contribution < -0.4 is 10.2 Å². The summed E-state index contributed by atoms with van der Waals surface area (Å²) in [5.74, 6) is 2.23. The standard InChI is InChI=1S/C22H25N5O2/c1-13-23-12-21(29-13)14-3-6-18(20(28)9-14)19-7-8-22(26-25-19)27(2)17-10-15-4-5-16(11-17)24-15/h3,6-9,12,15-17,24,28H,4-5,10-11H2,1-2H3. The van der Waals surface area contributed by atoms with E-state index in [0.29, 0.717) is 41.0 Å². The maximum Gasteiger partial charge on any atom is 0.191 e. The van der Waals surface area contributed by atoms with Crippen LogP contribution >= 0.6 is 0 Å². The summed E-state index contributed by atoms with van der Waals surface area (Å²) < 4.78 is 5.53. The zero-order chi connectivity index (χ0) is 20.0. The molecule has 2 aliphatic heterocycles. The molecule has 0 spiro atoms. The highest BCUT2D eigenvalue weighted by atomic mass is 16.4. The van der Waals surface area contributed by atoms with Crippen molar-refractivity contribution in [1.29, 1.82) is 0 Å². The summed E-state index contributed by atoms with van der Waals surface area (Å²) in [4.78, 5) is 6.35. The Morgan fingerprint density at radius 3 is 2.52 bits per heavy atom. The molecule has 2 N–H and O–H groups in total. The van der Waals surface area contributed by atoms with Crippen molar-refractivity contribution in [2.75, 3.05) is 11.9 Å². The van der Waals surface area contributed by atoms with Crippen molar-refractivity contribution in [3.63, 3.8) is 0 Å². The van der Waals surface area contributed by atoms with Crippen LogP contribution in [0.15, 0.2) is 40.9 Å². The Morgan fingerprint density at radius 2 is 1.90 bits per heavy atom. The second-order valence-corrected chi connectivity index (χ2v) is 8.13. The minimum atomic E-state index is 0.141. The summed E-state index contributed by atoms with van der Waals surface area (Å²) >= 11 is 0. The lowest BCUT2D eigenvalue weighted by Crippen LogP contribution is -2.47. The smallest absolute Gasteiger partial charge is 0.191 e. The first-order valence-corrected chi connectivity index (χ1v) is 10.2. The van der Waals surface area contributed by atoms with Crippen LogP contribution in [0.4, 0.5) is 5.82 Å². The second-order valence-electron chi connectivity index (χ2n) is 8.13. The zero-order valence-corrected chi connectivity index (χ0v) is 16.7. The SMILES string of the molecule is Cc1ncc(-c2ccc(-c3ccc(N(C)C4CC5CCC(C4)N5)nn3)c(O)c2)o1. The van der Waals surface area contributed by atoms with Gasteiger partial charge in [0, 0.05) is 43.2 Å². The van der Waals surface area contributed by atoms with Crippen molar-refractivity contribution in [2.45, 2.75) is 50.7 Å². The molecule has 2 unspecified atom stereocenters. The molecule has 2 aromatic heterocycles. The molecule has 2 aliphatic rings. The minimum Gasteiger partial charge on any atom is -0.507 e. The molecule has 29 heavy (non-hydrogen) atoms. The van der Waals surface area contributed by atoms with Crippen LogP contribution in [0.3, 0.4) is 0 Å². The average molecular weight is 391 g/mol. The molecule has 0 saturated carbocycles. The highest BCUT2D eigenvalue weighted by Crippen LogP contribution is 2.34. The van der Waals surface area contributed by atoms with E-state index in [0.717, 1.165) is 24.2 Å². The lowest BCUT2D eigenvalue weighted by Gasteiger charge is -2.36. The maximum absolute atomic E-state index is 10.5. The Hall–Kier alpha value is -2.93. The number of piperidine rings is 1. The number of anilines is 1. The molecule has 0 aliphatic carbocycles. The number of rotatable bonds is 4. The average Bonchev–Trinajstić information content (AvgIpc) is 3.32. The number of hydrogen-bond donors (Lipinski definition) is 2. The number of nitrogens with zero attached hydrogens (tertiary/aromatic N) is 4. The first-order chi connectivity index (χ1) is 14.1. The molecule has 4 heterocycles. The van der Waals surface area contributed by atoms with Gasteiger partial charge in [-0.3, -0.25) is 0 Å². The van der Waals surface area contributed by atoms with Crippen LogP contribution in [0.25, 0.3) is 22.6 Å². The summed E-state index contributed by atoms with van der Waals surface area (Å²) in [6.45, 7) is 1.79. The molecule has 2 bridgehead atoms. The molecule has 7 nitrogen and oxygen atoms in total. The number of aryl methyl sites for hydroxylation is 1. The van der Waals surface area contributed by atoms with Crippen molar-refractivity contribution >= 4 is 5.82 Å². The predicted molar refractivity (Wildman–Crippen MR) is 111 cm³/mol. The van der Waals surface area contributed by atoms with Gasteiger partial charge in [-0.1, -0.05) is 6.07 Å². The van der Waals surface area contributed by atoms with Gasteiger partial charge in [0.05, 0.1) is 11.9 Å². The third kappa shape index (κ3) is 3.46. The highest BCUT2D eigenvalue weighted by Gasteiger charge is 2.35. The molecular formula is C22H25N5O2. The van der Waals surface area contributed by atoms with Crippen LogP contribution in [-0.2, 0) is 0 Å². The van der Waals surface area contributed by atoms with E-state index in [1.54, 1.807) is 19.2 Å². The number of nitrogens with one attached hydrogen (secondary N) is 1. The van der Waals surface area contributed by atoms with Crippen LogP contribution in [0, 0.1) is 6.92 Å². The van der Waals surface area contributed by atoms with Crippen molar-refractivity contribution in [1.82, 2.24) is 20.5 Å². The fraction of sp³-hybridized carbons (Fsp3) is 0.409. The summed E-state index contributed by atoms with van der Waals surface area (Å²) in [6.07, 6.45) is 6.52.